The number of carbonyl (C=O) groups excluding carboxylic acids is 2. The van der Waals surface area contributed by atoms with Crippen LogP contribution >= 0.6 is 11.6 Å². The van der Waals surface area contributed by atoms with E-state index in [1.807, 2.05) is 0 Å². The Labute approximate surface area is 234 Å². The zero-order chi connectivity index (χ0) is 28.0. The molecule has 40 heavy (non-hydrogen) atoms. The maximum Gasteiger partial charge on any atom is 0.326 e. The van der Waals surface area contributed by atoms with Crippen molar-refractivity contribution in [3.8, 4) is 5.75 Å². The Balaban J connectivity index is 1.31. The highest BCUT2D eigenvalue weighted by Crippen LogP contribution is 2.46. The zero-order valence-electron chi connectivity index (χ0n) is 21.4. The second kappa shape index (κ2) is 10.6. The average molecular weight is 568 g/mol. The van der Waals surface area contributed by atoms with Crippen molar-refractivity contribution < 1.29 is 28.9 Å². The van der Waals surface area contributed by atoms with Gasteiger partial charge in [0.2, 0.25) is 0 Å². The molecule has 1 fully saturated rings. The Bertz CT molecular complexity index is 1500. The predicted octanol–water partition coefficient (Wildman–Crippen LogP) is 3.85. The molecule has 0 spiro atoms. The van der Waals surface area contributed by atoms with Gasteiger partial charge in [-0.2, -0.15) is 0 Å². The van der Waals surface area contributed by atoms with E-state index in [-0.39, 0.29) is 23.9 Å². The number of fused-ring (bicyclic) bond motifs is 2. The highest BCUT2D eigenvalue weighted by molar-refractivity contribution is 6.34. The Morgan fingerprint density at radius 2 is 2.02 bits per heavy atom. The number of carbonyl (C=O) groups is 2. The van der Waals surface area contributed by atoms with Gasteiger partial charge in [-0.25, -0.2) is 14.2 Å². The van der Waals surface area contributed by atoms with Crippen molar-refractivity contribution in [2.24, 2.45) is 0 Å². The Hall–Kier alpha value is -3.80. The van der Waals surface area contributed by atoms with Crippen LogP contribution in [0, 0.1) is 5.82 Å². The number of nitrogens with zero attached hydrogens (tertiary/aromatic N) is 3. The van der Waals surface area contributed by atoms with E-state index in [4.69, 9.17) is 16.3 Å². The van der Waals surface area contributed by atoms with E-state index in [0.717, 1.165) is 24.0 Å². The highest BCUT2D eigenvalue weighted by Gasteiger charge is 2.36. The van der Waals surface area contributed by atoms with E-state index >= 15 is 0 Å². The number of nitrogens with one attached hydrogen (secondary N) is 2. The summed E-state index contributed by atoms with van der Waals surface area (Å²) in [6, 6.07) is 6.59. The number of amides is 3. The summed E-state index contributed by atoms with van der Waals surface area (Å²) < 4.78 is 20.5. The zero-order valence-corrected chi connectivity index (χ0v) is 22.1. The minimum atomic E-state index is -0.818. The molecule has 10 nitrogen and oxygen atoms in total. The topological polar surface area (TPSA) is 137 Å². The maximum absolute atomic E-state index is 14.4. The summed E-state index contributed by atoms with van der Waals surface area (Å²) >= 11 is 6.66. The molecule has 6 rings (SSSR count). The third-order valence-electron chi connectivity index (χ3n) is 7.39. The van der Waals surface area contributed by atoms with Gasteiger partial charge < -0.3 is 25.6 Å². The molecule has 2 aromatic heterocycles. The molecule has 12 heteroatoms. The summed E-state index contributed by atoms with van der Waals surface area (Å²) in [6.07, 6.45) is 3.93. The van der Waals surface area contributed by atoms with Gasteiger partial charge in [-0.05, 0) is 55.5 Å². The molecule has 3 aliphatic rings. The SMILES string of the molecule is O=C(NC(CO)CO)c1cc2c(c(C3CC3)n1)CN(c1cc3c(cc1Cl)CCC(c1ncccc1F)O3)C(=O)N2. The molecular weight excluding hydrogens is 541 g/mol. The molecule has 3 amide bonds. The van der Waals surface area contributed by atoms with Crippen LogP contribution in [-0.4, -0.2) is 51.4 Å². The van der Waals surface area contributed by atoms with E-state index in [1.54, 1.807) is 12.1 Å². The summed E-state index contributed by atoms with van der Waals surface area (Å²) in [5.74, 6) is -0.327. The second-order valence-corrected chi connectivity index (χ2v) is 10.6. The Morgan fingerprint density at radius 3 is 2.75 bits per heavy atom. The molecule has 1 unspecified atom stereocenters. The number of aryl methyl sites for hydroxylation is 1. The van der Waals surface area contributed by atoms with Crippen molar-refractivity contribution in [2.45, 2.75) is 50.3 Å². The predicted molar refractivity (Wildman–Crippen MR) is 144 cm³/mol. The van der Waals surface area contributed by atoms with E-state index in [2.05, 4.69) is 20.6 Å². The number of aliphatic hydroxyl groups is 2. The number of ether oxygens (including phenoxy) is 1. The highest BCUT2D eigenvalue weighted by atomic mass is 35.5. The van der Waals surface area contributed by atoms with E-state index in [1.165, 1.54) is 29.3 Å². The van der Waals surface area contributed by atoms with Gasteiger partial charge >= 0.3 is 6.03 Å². The molecule has 1 atom stereocenters. The van der Waals surface area contributed by atoms with Crippen molar-refractivity contribution in [1.29, 1.82) is 0 Å². The Morgan fingerprint density at radius 1 is 1.23 bits per heavy atom. The molecular formula is C28H27ClFN5O5. The number of benzene rings is 1. The van der Waals surface area contributed by atoms with Gasteiger partial charge in [0.05, 0.1) is 47.9 Å². The first-order valence-electron chi connectivity index (χ1n) is 13.1. The van der Waals surface area contributed by atoms with Gasteiger partial charge in [0.25, 0.3) is 5.91 Å². The summed E-state index contributed by atoms with van der Waals surface area (Å²) in [5.41, 5.74) is 3.59. The van der Waals surface area contributed by atoms with Crippen LogP contribution < -0.4 is 20.3 Å². The van der Waals surface area contributed by atoms with Crippen LogP contribution in [0.15, 0.2) is 36.5 Å². The summed E-state index contributed by atoms with van der Waals surface area (Å²) in [4.78, 5) is 36.4. The number of pyridine rings is 2. The quantitative estimate of drug-likeness (QED) is 0.340. The number of anilines is 2. The van der Waals surface area contributed by atoms with Crippen LogP contribution in [0.2, 0.25) is 5.02 Å². The van der Waals surface area contributed by atoms with Crippen LogP contribution in [0.1, 0.15) is 64.3 Å². The number of rotatable bonds is 7. The van der Waals surface area contributed by atoms with Crippen LogP contribution in [0.4, 0.5) is 20.6 Å². The number of hydrogen-bond acceptors (Lipinski definition) is 7. The molecule has 0 bridgehead atoms. The number of hydrogen-bond donors (Lipinski definition) is 4. The largest absolute Gasteiger partial charge is 0.484 e. The van der Waals surface area contributed by atoms with Gasteiger partial charge in [0.15, 0.2) is 0 Å². The van der Waals surface area contributed by atoms with Crippen molar-refractivity contribution in [3.63, 3.8) is 0 Å². The first-order chi connectivity index (χ1) is 19.4. The number of aliphatic hydroxyl groups excluding tert-OH is 2. The minimum absolute atomic E-state index is 0.0920. The van der Waals surface area contributed by atoms with Crippen LogP contribution in [-0.2, 0) is 13.0 Å². The molecule has 1 saturated carbocycles. The molecule has 3 aromatic rings. The van der Waals surface area contributed by atoms with E-state index in [9.17, 15) is 24.2 Å². The van der Waals surface area contributed by atoms with Crippen molar-refractivity contribution in [3.05, 3.63) is 75.6 Å². The molecule has 0 radical (unpaired) electrons. The maximum atomic E-state index is 14.4. The first kappa shape index (κ1) is 26.4. The first-order valence-corrected chi connectivity index (χ1v) is 13.5. The van der Waals surface area contributed by atoms with Crippen molar-refractivity contribution in [1.82, 2.24) is 15.3 Å². The lowest BCUT2D eigenvalue weighted by Crippen LogP contribution is -2.42. The minimum Gasteiger partial charge on any atom is -0.484 e. The van der Waals surface area contributed by atoms with E-state index < -0.39 is 43.1 Å². The summed E-state index contributed by atoms with van der Waals surface area (Å²) in [7, 11) is 0. The van der Waals surface area contributed by atoms with Crippen LogP contribution in [0.3, 0.4) is 0 Å². The fourth-order valence-corrected chi connectivity index (χ4v) is 5.41. The third kappa shape index (κ3) is 4.96. The monoisotopic (exact) mass is 567 g/mol. The lowest BCUT2D eigenvalue weighted by Gasteiger charge is -2.33. The lowest BCUT2D eigenvalue weighted by molar-refractivity contribution is 0.0874. The molecule has 0 saturated heterocycles. The third-order valence-corrected chi connectivity index (χ3v) is 7.69. The number of halogens is 2. The normalized spacial score (nSPS) is 18.1. The molecule has 2 aliphatic heterocycles. The average Bonchev–Trinajstić information content (AvgIpc) is 3.80. The molecule has 4 heterocycles. The fraction of sp³-hybridized carbons (Fsp3) is 0.357. The number of aromatic nitrogens is 2. The van der Waals surface area contributed by atoms with Crippen molar-refractivity contribution in [2.75, 3.05) is 23.4 Å². The van der Waals surface area contributed by atoms with E-state index in [0.29, 0.717) is 40.7 Å². The van der Waals surface area contributed by atoms with Gasteiger partial charge in [-0.3, -0.25) is 14.7 Å². The van der Waals surface area contributed by atoms with Gasteiger partial charge in [-0.1, -0.05) is 11.6 Å². The van der Waals surface area contributed by atoms with Crippen LogP contribution in [0.25, 0.3) is 0 Å². The molecule has 1 aliphatic carbocycles. The smallest absolute Gasteiger partial charge is 0.326 e. The number of urea groups is 1. The van der Waals surface area contributed by atoms with Gasteiger partial charge in [0, 0.05) is 23.7 Å². The van der Waals surface area contributed by atoms with Gasteiger partial charge in [-0.15, -0.1) is 0 Å². The fourth-order valence-electron chi connectivity index (χ4n) is 5.12. The Kier molecular flexibility index (Phi) is 7.03. The molecule has 208 valence electrons. The van der Waals surface area contributed by atoms with Crippen molar-refractivity contribution >= 4 is 34.9 Å². The van der Waals surface area contributed by atoms with Gasteiger partial charge in [0.1, 0.15) is 29.1 Å². The molecule has 4 N–H and O–H groups in total. The lowest BCUT2D eigenvalue weighted by atomic mass is 9.98. The molecule has 1 aromatic carbocycles. The standard InChI is InChI=1S/C28H27ClFN5O5/c29-18-8-15-5-6-23(26-19(30)2-1-7-31-26)40-24(15)10-22(18)35-11-17-20(34-28(35)39)9-21(33-25(17)14-3-4-14)27(38)32-16(12-36)13-37/h1-2,7-10,14,16,23,36-37H,3-6,11-13H2,(H,32,38)(H,34,39). The second-order valence-electron chi connectivity index (χ2n) is 10.2. The summed E-state index contributed by atoms with van der Waals surface area (Å²) in [5, 5.41) is 24.4. The van der Waals surface area contributed by atoms with Crippen LogP contribution in [0.5, 0.6) is 5.75 Å². The summed E-state index contributed by atoms with van der Waals surface area (Å²) in [6.45, 7) is -0.664.